The van der Waals surface area contributed by atoms with Gasteiger partial charge in [-0.2, -0.15) is 0 Å². The zero-order chi connectivity index (χ0) is 12.1. The molecule has 0 aliphatic heterocycles. The van der Waals surface area contributed by atoms with Gasteiger partial charge >= 0.3 is 0 Å². The first-order valence-electron chi connectivity index (χ1n) is 6.26. The summed E-state index contributed by atoms with van der Waals surface area (Å²) in [5.74, 6) is 0. The van der Waals surface area contributed by atoms with Crippen molar-refractivity contribution in [1.29, 1.82) is 0 Å². The van der Waals surface area contributed by atoms with E-state index < -0.39 is 0 Å². The average molecular weight is 232 g/mol. The molecule has 0 aromatic heterocycles. The number of ether oxygens (including phenoxy) is 2. The Morgan fingerprint density at radius 2 is 1.56 bits per heavy atom. The van der Waals surface area contributed by atoms with Gasteiger partial charge in [-0.25, -0.2) is 0 Å². The van der Waals surface area contributed by atoms with Gasteiger partial charge in [-0.15, -0.1) is 0 Å². The van der Waals surface area contributed by atoms with Crippen LogP contribution in [0.4, 0.5) is 0 Å². The van der Waals surface area contributed by atoms with E-state index in [9.17, 15) is 0 Å². The standard InChI is InChI=1S/C12H28N2O2/c1-4-5-6-13-7-8-14(9-11-15-2)10-12-16-3/h13H,4-12H2,1-3H3. The maximum absolute atomic E-state index is 5.09. The van der Waals surface area contributed by atoms with Gasteiger partial charge in [-0.1, -0.05) is 13.3 Å². The summed E-state index contributed by atoms with van der Waals surface area (Å²) in [6, 6.07) is 0. The maximum atomic E-state index is 5.09. The molecule has 4 nitrogen and oxygen atoms in total. The van der Waals surface area contributed by atoms with Crippen molar-refractivity contribution >= 4 is 0 Å². The van der Waals surface area contributed by atoms with Crippen LogP contribution in [0.25, 0.3) is 0 Å². The van der Waals surface area contributed by atoms with E-state index in [4.69, 9.17) is 9.47 Å². The Morgan fingerprint density at radius 1 is 0.938 bits per heavy atom. The highest BCUT2D eigenvalue weighted by molar-refractivity contribution is 4.59. The molecule has 98 valence electrons. The molecule has 0 saturated carbocycles. The molecule has 1 N–H and O–H groups in total. The summed E-state index contributed by atoms with van der Waals surface area (Å²) in [7, 11) is 3.49. The van der Waals surface area contributed by atoms with E-state index in [0.29, 0.717) is 0 Å². The monoisotopic (exact) mass is 232 g/mol. The molecule has 0 aliphatic carbocycles. The van der Waals surface area contributed by atoms with Gasteiger partial charge in [0.15, 0.2) is 0 Å². The fourth-order valence-corrected chi connectivity index (χ4v) is 1.44. The molecule has 0 bridgehead atoms. The Morgan fingerprint density at radius 3 is 2.06 bits per heavy atom. The van der Waals surface area contributed by atoms with Gasteiger partial charge < -0.3 is 14.8 Å². The minimum atomic E-state index is 0.790. The van der Waals surface area contributed by atoms with Gasteiger partial charge in [0.25, 0.3) is 0 Å². The van der Waals surface area contributed by atoms with Crippen LogP contribution in [0.3, 0.4) is 0 Å². The number of hydrogen-bond acceptors (Lipinski definition) is 4. The SMILES string of the molecule is CCCCNCCN(CCOC)CCOC. The van der Waals surface area contributed by atoms with E-state index >= 15 is 0 Å². The van der Waals surface area contributed by atoms with E-state index in [-0.39, 0.29) is 0 Å². The highest BCUT2D eigenvalue weighted by Gasteiger charge is 2.03. The Hall–Kier alpha value is -0.160. The van der Waals surface area contributed by atoms with Crippen molar-refractivity contribution in [2.24, 2.45) is 0 Å². The third-order valence-corrected chi connectivity index (χ3v) is 2.54. The van der Waals surface area contributed by atoms with Crippen LogP contribution in [0.1, 0.15) is 19.8 Å². The van der Waals surface area contributed by atoms with Gasteiger partial charge in [0, 0.05) is 40.4 Å². The Kier molecular flexibility index (Phi) is 12.8. The van der Waals surface area contributed by atoms with Gasteiger partial charge in [0.1, 0.15) is 0 Å². The second-order valence-corrected chi connectivity index (χ2v) is 3.93. The molecule has 0 radical (unpaired) electrons. The van der Waals surface area contributed by atoms with Crippen molar-refractivity contribution in [3.63, 3.8) is 0 Å². The lowest BCUT2D eigenvalue weighted by Gasteiger charge is -2.21. The first-order valence-corrected chi connectivity index (χ1v) is 6.26. The van der Waals surface area contributed by atoms with Crippen LogP contribution in [-0.2, 0) is 9.47 Å². The van der Waals surface area contributed by atoms with Crippen LogP contribution in [0.2, 0.25) is 0 Å². The van der Waals surface area contributed by atoms with Crippen molar-refractivity contribution < 1.29 is 9.47 Å². The molecule has 0 atom stereocenters. The molecule has 16 heavy (non-hydrogen) atoms. The lowest BCUT2D eigenvalue weighted by atomic mass is 10.3. The molecule has 0 amide bonds. The minimum Gasteiger partial charge on any atom is -0.383 e. The average Bonchev–Trinajstić information content (AvgIpc) is 2.31. The van der Waals surface area contributed by atoms with Gasteiger partial charge in [0.05, 0.1) is 13.2 Å². The molecule has 0 fully saturated rings. The summed E-state index contributed by atoms with van der Waals surface area (Å²) in [4.78, 5) is 2.37. The predicted octanol–water partition coefficient (Wildman–Crippen LogP) is 0.971. The molecule has 0 rings (SSSR count). The van der Waals surface area contributed by atoms with Crippen molar-refractivity contribution in [2.75, 3.05) is 60.2 Å². The molecule has 0 spiro atoms. The summed E-state index contributed by atoms with van der Waals surface area (Å²) in [6.45, 7) is 9.00. The minimum absolute atomic E-state index is 0.790. The van der Waals surface area contributed by atoms with Gasteiger partial charge in [0.2, 0.25) is 0 Å². The van der Waals surface area contributed by atoms with E-state index in [1.54, 1.807) is 14.2 Å². The molecule has 0 unspecified atom stereocenters. The summed E-state index contributed by atoms with van der Waals surface area (Å²) in [5, 5.41) is 3.45. The first-order chi connectivity index (χ1) is 7.85. The fraction of sp³-hybridized carbons (Fsp3) is 1.00. The van der Waals surface area contributed by atoms with Crippen molar-refractivity contribution in [3.05, 3.63) is 0 Å². The maximum Gasteiger partial charge on any atom is 0.0589 e. The van der Waals surface area contributed by atoms with Crippen molar-refractivity contribution in [2.45, 2.75) is 19.8 Å². The number of unbranched alkanes of at least 4 members (excludes halogenated alkanes) is 1. The van der Waals surface area contributed by atoms with Gasteiger partial charge in [-0.3, -0.25) is 4.90 Å². The number of rotatable bonds is 12. The zero-order valence-electron chi connectivity index (χ0n) is 11.1. The lowest BCUT2D eigenvalue weighted by molar-refractivity contribution is 0.114. The molecule has 0 aromatic rings. The number of methoxy groups -OCH3 is 2. The molecule has 0 aromatic carbocycles. The second-order valence-electron chi connectivity index (χ2n) is 3.93. The molecular weight excluding hydrogens is 204 g/mol. The molecule has 0 saturated heterocycles. The molecule has 0 aliphatic rings. The summed E-state index contributed by atoms with van der Waals surface area (Å²) < 4.78 is 10.2. The zero-order valence-corrected chi connectivity index (χ0v) is 11.1. The molecular formula is C12H28N2O2. The van der Waals surface area contributed by atoms with Crippen LogP contribution < -0.4 is 5.32 Å². The van der Waals surface area contributed by atoms with Crippen LogP contribution in [-0.4, -0.2) is 65.1 Å². The van der Waals surface area contributed by atoms with Gasteiger partial charge in [-0.05, 0) is 13.0 Å². The largest absolute Gasteiger partial charge is 0.383 e. The van der Waals surface area contributed by atoms with E-state index in [2.05, 4.69) is 17.1 Å². The Labute approximate surface area is 100 Å². The second kappa shape index (κ2) is 12.9. The summed E-state index contributed by atoms with van der Waals surface area (Å²) >= 11 is 0. The topological polar surface area (TPSA) is 33.7 Å². The number of hydrogen-bond donors (Lipinski definition) is 1. The van der Waals surface area contributed by atoms with Crippen LogP contribution in [0.5, 0.6) is 0 Å². The van der Waals surface area contributed by atoms with Crippen LogP contribution in [0, 0.1) is 0 Å². The number of nitrogens with one attached hydrogen (secondary N) is 1. The first kappa shape index (κ1) is 15.8. The Bertz CT molecular complexity index is 126. The van der Waals surface area contributed by atoms with E-state index in [1.807, 2.05) is 0 Å². The van der Waals surface area contributed by atoms with Crippen LogP contribution in [0.15, 0.2) is 0 Å². The third kappa shape index (κ3) is 10.4. The molecule has 4 heteroatoms. The van der Waals surface area contributed by atoms with Crippen molar-refractivity contribution in [1.82, 2.24) is 10.2 Å². The summed E-state index contributed by atoms with van der Waals surface area (Å²) in [5.41, 5.74) is 0. The third-order valence-electron chi connectivity index (χ3n) is 2.54. The fourth-order valence-electron chi connectivity index (χ4n) is 1.44. The number of nitrogens with zero attached hydrogens (tertiary/aromatic N) is 1. The lowest BCUT2D eigenvalue weighted by Crippen LogP contribution is -2.36. The smallest absolute Gasteiger partial charge is 0.0589 e. The molecule has 0 heterocycles. The quantitative estimate of drug-likeness (QED) is 0.508. The van der Waals surface area contributed by atoms with Crippen LogP contribution >= 0.6 is 0 Å². The normalized spacial score (nSPS) is 11.2. The highest BCUT2D eigenvalue weighted by Crippen LogP contribution is 1.89. The Balaban J connectivity index is 3.48. The summed E-state index contributed by atoms with van der Waals surface area (Å²) in [6.07, 6.45) is 2.51. The predicted molar refractivity (Wildman–Crippen MR) is 68.0 cm³/mol. The van der Waals surface area contributed by atoms with E-state index in [0.717, 1.165) is 45.9 Å². The van der Waals surface area contributed by atoms with Crippen molar-refractivity contribution in [3.8, 4) is 0 Å². The van der Waals surface area contributed by atoms with E-state index in [1.165, 1.54) is 12.8 Å². The highest BCUT2D eigenvalue weighted by atomic mass is 16.5.